The summed E-state index contributed by atoms with van der Waals surface area (Å²) in [5, 5.41) is 0. The maximum Gasteiger partial charge on any atom is 0.120 e. The van der Waals surface area contributed by atoms with Gasteiger partial charge in [0.25, 0.3) is 0 Å². The standard InChI is InChI=1S/C11H20O/c1-10(2)6-4-5-7-11(3)8-9-12/h6,9,11H,4-5,7-8H2,1-3H3. The Bertz CT molecular complexity index is 143. The Morgan fingerprint density at radius 3 is 2.58 bits per heavy atom. The average Bonchev–Trinajstić information content (AvgIpc) is 1.98. The second-order valence-corrected chi connectivity index (χ2v) is 3.72. The minimum Gasteiger partial charge on any atom is -0.303 e. The molecule has 0 aromatic heterocycles. The number of carbonyl (C=O) groups excluding carboxylic acids is 1. The summed E-state index contributed by atoms with van der Waals surface area (Å²) in [6.07, 6.45) is 7.53. The summed E-state index contributed by atoms with van der Waals surface area (Å²) in [6, 6.07) is 0. The van der Waals surface area contributed by atoms with Crippen LogP contribution < -0.4 is 0 Å². The van der Waals surface area contributed by atoms with Gasteiger partial charge in [0, 0.05) is 6.42 Å². The van der Waals surface area contributed by atoms with Crippen LogP contribution in [-0.4, -0.2) is 6.29 Å². The summed E-state index contributed by atoms with van der Waals surface area (Å²) in [5.41, 5.74) is 1.39. The highest BCUT2D eigenvalue weighted by Crippen LogP contribution is 2.11. The SMILES string of the molecule is CC(C)=CCCCC(C)CC=O. The molecule has 0 aromatic rings. The van der Waals surface area contributed by atoms with Crippen LogP contribution in [0.2, 0.25) is 0 Å². The molecule has 1 unspecified atom stereocenters. The molecule has 12 heavy (non-hydrogen) atoms. The zero-order valence-corrected chi connectivity index (χ0v) is 8.47. The molecule has 0 aliphatic heterocycles. The van der Waals surface area contributed by atoms with Crippen LogP contribution in [0.3, 0.4) is 0 Å². The molecule has 1 nitrogen and oxygen atoms in total. The highest BCUT2D eigenvalue weighted by Gasteiger charge is 1.98. The third-order valence-corrected chi connectivity index (χ3v) is 1.95. The molecule has 0 saturated carbocycles. The van der Waals surface area contributed by atoms with Crippen molar-refractivity contribution in [3.8, 4) is 0 Å². The van der Waals surface area contributed by atoms with Crippen LogP contribution in [0.4, 0.5) is 0 Å². The van der Waals surface area contributed by atoms with E-state index in [1.54, 1.807) is 0 Å². The van der Waals surface area contributed by atoms with E-state index in [1.807, 2.05) is 0 Å². The summed E-state index contributed by atoms with van der Waals surface area (Å²) in [5.74, 6) is 0.563. The number of allylic oxidation sites excluding steroid dienone is 2. The van der Waals surface area contributed by atoms with E-state index in [2.05, 4.69) is 26.8 Å². The molecule has 0 aromatic carbocycles. The van der Waals surface area contributed by atoms with Crippen molar-refractivity contribution >= 4 is 6.29 Å². The predicted molar refractivity (Wildman–Crippen MR) is 53.1 cm³/mol. The number of carbonyl (C=O) groups is 1. The highest BCUT2D eigenvalue weighted by atomic mass is 16.1. The van der Waals surface area contributed by atoms with Crippen molar-refractivity contribution < 1.29 is 4.79 Å². The van der Waals surface area contributed by atoms with Crippen molar-refractivity contribution in [3.05, 3.63) is 11.6 Å². The van der Waals surface area contributed by atoms with E-state index >= 15 is 0 Å². The molecule has 0 amide bonds. The van der Waals surface area contributed by atoms with Gasteiger partial charge < -0.3 is 4.79 Å². The van der Waals surface area contributed by atoms with Gasteiger partial charge in [-0.15, -0.1) is 0 Å². The Morgan fingerprint density at radius 2 is 2.08 bits per heavy atom. The Labute approximate surface area is 75.9 Å². The minimum absolute atomic E-state index is 0.563. The van der Waals surface area contributed by atoms with Crippen molar-refractivity contribution in [1.29, 1.82) is 0 Å². The maximum absolute atomic E-state index is 10.1. The lowest BCUT2D eigenvalue weighted by Gasteiger charge is -2.04. The van der Waals surface area contributed by atoms with Gasteiger partial charge in [0.15, 0.2) is 0 Å². The van der Waals surface area contributed by atoms with E-state index in [0.29, 0.717) is 5.92 Å². The number of aldehydes is 1. The molecule has 0 spiro atoms. The molecule has 0 radical (unpaired) electrons. The van der Waals surface area contributed by atoms with Gasteiger partial charge in [-0.05, 0) is 32.6 Å². The average molecular weight is 168 g/mol. The van der Waals surface area contributed by atoms with Crippen LogP contribution in [0.25, 0.3) is 0 Å². The van der Waals surface area contributed by atoms with Gasteiger partial charge in [-0.2, -0.15) is 0 Å². The van der Waals surface area contributed by atoms with E-state index in [-0.39, 0.29) is 0 Å². The summed E-state index contributed by atoms with van der Waals surface area (Å²) in [4.78, 5) is 10.1. The van der Waals surface area contributed by atoms with Crippen LogP contribution in [0.15, 0.2) is 11.6 Å². The first-order valence-electron chi connectivity index (χ1n) is 4.73. The third kappa shape index (κ3) is 7.52. The van der Waals surface area contributed by atoms with Gasteiger partial charge >= 0.3 is 0 Å². The van der Waals surface area contributed by atoms with Crippen LogP contribution in [0.1, 0.15) is 46.5 Å². The molecular formula is C11H20O. The van der Waals surface area contributed by atoms with E-state index in [0.717, 1.165) is 19.1 Å². The normalized spacial score (nSPS) is 12.2. The third-order valence-electron chi connectivity index (χ3n) is 1.95. The van der Waals surface area contributed by atoms with Gasteiger partial charge in [0.1, 0.15) is 6.29 Å². The zero-order chi connectivity index (χ0) is 9.40. The molecule has 0 saturated heterocycles. The van der Waals surface area contributed by atoms with Gasteiger partial charge in [-0.1, -0.05) is 25.0 Å². The molecule has 0 heterocycles. The van der Waals surface area contributed by atoms with Crippen molar-refractivity contribution in [1.82, 2.24) is 0 Å². The first-order valence-corrected chi connectivity index (χ1v) is 4.73. The zero-order valence-electron chi connectivity index (χ0n) is 8.47. The lowest BCUT2D eigenvalue weighted by Crippen LogP contribution is -1.94. The summed E-state index contributed by atoms with van der Waals surface area (Å²) in [7, 11) is 0. The predicted octanol–water partition coefficient (Wildman–Crippen LogP) is 3.35. The summed E-state index contributed by atoms with van der Waals surface area (Å²) in [6.45, 7) is 6.38. The number of hydrogen-bond donors (Lipinski definition) is 0. The second-order valence-electron chi connectivity index (χ2n) is 3.72. The molecule has 0 bridgehead atoms. The smallest absolute Gasteiger partial charge is 0.120 e. The van der Waals surface area contributed by atoms with Gasteiger partial charge in [-0.3, -0.25) is 0 Å². The Balaban J connectivity index is 3.30. The second kappa shape index (κ2) is 7.08. The number of unbranched alkanes of at least 4 members (excludes halogenated alkanes) is 1. The van der Waals surface area contributed by atoms with E-state index in [9.17, 15) is 4.79 Å². The molecule has 0 aliphatic carbocycles. The molecule has 0 fully saturated rings. The van der Waals surface area contributed by atoms with Crippen molar-refractivity contribution in [3.63, 3.8) is 0 Å². The maximum atomic E-state index is 10.1. The van der Waals surface area contributed by atoms with Gasteiger partial charge in [0.2, 0.25) is 0 Å². The van der Waals surface area contributed by atoms with Crippen LogP contribution in [0.5, 0.6) is 0 Å². The number of hydrogen-bond acceptors (Lipinski definition) is 1. The van der Waals surface area contributed by atoms with Gasteiger partial charge in [-0.25, -0.2) is 0 Å². The van der Waals surface area contributed by atoms with Crippen molar-refractivity contribution in [2.24, 2.45) is 5.92 Å². The van der Waals surface area contributed by atoms with E-state index < -0.39 is 0 Å². The fourth-order valence-electron chi connectivity index (χ4n) is 1.14. The van der Waals surface area contributed by atoms with Crippen LogP contribution in [0, 0.1) is 5.92 Å². The van der Waals surface area contributed by atoms with Gasteiger partial charge in [0.05, 0.1) is 0 Å². The monoisotopic (exact) mass is 168 g/mol. The van der Waals surface area contributed by atoms with Crippen molar-refractivity contribution in [2.45, 2.75) is 46.5 Å². The first-order chi connectivity index (χ1) is 5.66. The Morgan fingerprint density at radius 1 is 1.42 bits per heavy atom. The molecule has 1 atom stereocenters. The number of rotatable bonds is 6. The molecule has 0 N–H and O–H groups in total. The first kappa shape index (κ1) is 11.4. The lowest BCUT2D eigenvalue weighted by atomic mass is 10.0. The quantitative estimate of drug-likeness (QED) is 0.338. The molecule has 1 heteroatoms. The molecule has 0 aliphatic rings. The van der Waals surface area contributed by atoms with Crippen molar-refractivity contribution in [2.75, 3.05) is 0 Å². The molecular weight excluding hydrogens is 148 g/mol. The van der Waals surface area contributed by atoms with Crippen LogP contribution in [-0.2, 0) is 4.79 Å². The van der Waals surface area contributed by atoms with E-state index in [1.165, 1.54) is 18.4 Å². The summed E-state index contributed by atoms with van der Waals surface area (Å²) < 4.78 is 0. The fraction of sp³-hybridized carbons (Fsp3) is 0.727. The Hall–Kier alpha value is -0.590. The van der Waals surface area contributed by atoms with E-state index in [4.69, 9.17) is 0 Å². The molecule has 0 rings (SSSR count). The summed E-state index contributed by atoms with van der Waals surface area (Å²) >= 11 is 0. The minimum atomic E-state index is 0.563. The van der Waals surface area contributed by atoms with Crippen LogP contribution >= 0.6 is 0 Å². The largest absolute Gasteiger partial charge is 0.303 e. The fourth-order valence-corrected chi connectivity index (χ4v) is 1.14. The highest BCUT2D eigenvalue weighted by molar-refractivity contribution is 5.49. The lowest BCUT2D eigenvalue weighted by molar-refractivity contribution is -0.108. The topological polar surface area (TPSA) is 17.1 Å². The molecule has 70 valence electrons. The Kier molecular flexibility index (Phi) is 6.73.